The van der Waals surface area contributed by atoms with E-state index in [1.165, 1.54) is 12.1 Å². The maximum absolute atomic E-state index is 11.2. The third-order valence-electron chi connectivity index (χ3n) is 7.88. The topological polar surface area (TPSA) is 160 Å². The molecule has 7 rings (SSSR count). The maximum atomic E-state index is 11.2. The van der Waals surface area contributed by atoms with Crippen molar-refractivity contribution in [2.75, 3.05) is 0 Å². The third kappa shape index (κ3) is 8.40. The van der Waals surface area contributed by atoms with E-state index in [0.29, 0.717) is 6.42 Å². The van der Waals surface area contributed by atoms with Gasteiger partial charge < -0.3 is 4.74 Å². The van der Waals surface area contributed by atoms with Crippen molar-refractivity contribution in [2.45, 2.75) is 12.5 Å². The highest BCUT2D eigenvalue weighted by atomic mass is 35.7. The normalized spacial score (nSPS) is 17.1. The van der Waals surface area contributed by atoms with Crippen LogP contribution in [-0.4, -0.2) is 21.0 Å². The second kappa shape index (κ2) is 14.6. The number of ether oxygens (including phenoxy) is 1. The van der Waals surface area contributed by atoms with Gasteiger partial charge in [0.1, 0.15) is 17.2 Å². The summed E-state index contributed by atoms with van der Waals surface area (Å²) in [7, 11) is -4.94. The Hall–Kier alpha value is -5.75. The summed E-state index contributed by atoms with van der Waals surface area (Å²) in [5.41, 5.74) is 8.10. The number of hydrogen-bond acceptors (Lipinski definition) is 8. The van der Waals surface area contributed by atoms with E-state index in [1.54, 1.807) is 12.1 Å². The summed E-state index contributed by atoms with van der Waals surface area (Å²) in [4.78, 5) is 10.8. The second-order valence-corrected chi connectivity index (χ2v) is 11.8. The molecule has 4 aromatic rings. The van der Waals surface area contributed by atoms with Crippen LogP contribution in [0.3, 0.4) is 0 Å². The van der Waals surface area contributed by atoms with Crippen molar-refractivity contribution in [3.63, 3.8) is 0 Å². The van der Waals surface area contributed by atoms with Gasteiger partial charge in [-0.05, 0) is 52.7 Å². The van der Waals surface area contributed by atoms with Crippen molar-refractivity contribution in [2.24, 2.45) is 5.10 Å². The minimum absolute atomic E-state index is 0.00265. The molecule has 0 radical (unpaired) electrons. The van der Waals surface area contributed by atoms with Gasteiger partial charge in [0.05, 0.1) is 11.3 Å². The second-order valence-electron chi connectivity index (χ2n) is 11.1. The number of rotatable bonds is 5. The van der Waals surface area contributed by atoms with E-state index < -0.39 is 10.2 Å². The van der Waals surface area contributed by atoms with Crippen molar-refractivity contribution < 1.29 is 43.2 Å². The SMILES string of the molecule is O=[N+]([O-])c1ccc(C2=N[N+](=C3C=CC(=C4C=C(c5ccccc5)OC(c5ccccc5)=C4)C=C3)C(c3ccccc3)C2)cc1.[O-][Cl+3]([O-])([O-])[O-]. The number of hydrogen-bond donors (Lipinski definition) is 0. The summed E-state index contributed by atoms with van der Waals surface area (Å²) in [6.45, 7) is 0. The lowest BCUT2D eigenvalue weighted by Crippen LogP contribution is -2.68. The number of allylic oxidation sites excluding steroid dienone is 8. The molecule has 0 spiro atoms. The molecule has 11 heteroatoms. The molecule has 0 amide bonds. The Morgan fingerprint density at radius 3 is 1.63 bits per heavy atom. The van der Waals surface area contributed by atoms with Crippen LogP contribution in [0.2, 0.25) is 0 Å². The summed E-state index contributed by atoms with van der Waals surface area (Å²) in [5.74, 6) is 1.60. The quantitative estimate of drug-likeness (QED) is 0.177. The van der Waals surface area contributed by atoms with Gasteiger partial charge in [-0.1, -0.05) is 95.7 Å². The smallest absolute Gasteiger partial charge is 0.269 e. The van der Waals surface area contributed by atoms with Gasteiger partial charge in [0, 0.05) is 46.5 Å². The lowest BCUT2D eigenvalue weighted by molar-refractivity contribution is -2.00. The summed E-state index contributed by atoms with van der Waals surface area (Å²) < 4.78 is 42.4. The number of nitro groups is 1. The molecule has 0 saturated carbocycles. The highest BCUT2D eigenvalue weighted by molar-refractivity contribution is 6.05. The van der Waals surface area contributed by atoms with Crippen LogP contribution in [0.25, 0.3) is 11.5 Å². The van der Waals surface area contributed by atoms with E-state index in [2.05, 4.69) is 77.5 Å². The Morgan fingerprint density at radius 1 is 0.653 bits per heavy atom. The maximum Gasteiger partial charge on any atom is 0.269 e. The van der Waals surface area contributed by atoms with E-state index in [4.69, 9.17) is 28.5 Å². The van der Waals surface area contributed by atoms with Crippen molar-refractivity contribution in [3.8, 4) is 0 Å². The van der Waals surface area contributed by atoms with Gasteiger partial charge >= 0.3 is 0 Å². The van der Waals surface area contributed by atoms with Gasteiger partial charge in [-0.3, -0.25) is 10.1 Å². The highest BCUT2D eigenvalue weighted by Gasteiger charge is 2.36. The first-order valence-corrected chi connectivity index (χ1v) is 16.3. The highest BCUT2D eigenvalue weighted by Crippen LogP contribution is 2.35. The summed E-state index contributed by atoms with van der Waals surface area (Å²) >= 11 is 0. The van der Waals surface area contributed by atoms with Crippen LogP contribution in [0.4, 0.5) is 5.69 Å². The predicted molar refractivity (Wildman–Crippen MR) is 174 cm³/mol. The fraction of sp³-hybridized carbons (Fsp3) is 0.0526. The van der Waals surface area contributed by atoms with E-state index in [1.807, 2.05) is 54.6 Å². The molecule has 0 saturated heterocycles. The molecule has 49 heavy (non-hydrogen) atoms. The fourth-order valence-corrected chi connectivity index (χ4v) is 5.60. The molecule has 1 unspecified atom stereocenters. The average Bonchev–Trinajstić information content (AvgIpc) is 3.58. The van der Waals surface area contributed by atoms with Crippen LogP contribution in [0.1, 0.15) is 34.7 Å². The van der Waals surface area contributed by atoms with Crippen LogP contribution in [0.15, 0.2) is 168 Å². The van der Waals surface area contributed by atoms with Crippen molar-refractivity contribution in [1.29, 1.82) is 0 Å². The number of non-ortho nitro benzene ring substituents is 1. The van der Waals surface area contributed by atoms with E-state index in [9.17, 15) is 10.1 Å². The molecular weight excluding hydrogens is 646 g/mol. The van der Waals surface area contributed by atoms with Crippen LogP contribution in [0, 0.1) is 20.4 Å². The summed E-state index contributed by atoms with van der Waals surface area (Å²) in [6.07, 6.45) is 13.3. The number of benzene rings is 4. The Labute approximate surface area is 284 Å². The van der Waals surface area contributed by atoms with Gasteiger partial charge in [0.2, 0.25) is 11.8 Å². The molecule has 0 N–H and O–H groups in total. The Bertz CT molecular complexity index is 1980. The van der Waals surface area contributed by atoms with Gasteiger partial charge in [-0.15, -0.1) is 10.2 Å². The largest absolute Gasteiger partial charge is 0.456 e. The summed E-state index contributed by atoms with van der Waals surface area (Å²) in [5, 5.41) is 16.2. The van der Waals surface area contributed by atoms with Crippen LogP contribution in [-0.2, 0) is 4.74 Å². The Morgan fingerprint density at radius 2 is 1.14 bits per heavy atom. The van der Waals surface area contributed by atoms with Gasteiger partial charge in [-0.25, -0.2) is 18.6 Å². The number of nitro benzene ring substituents is 1. The zero-order valence-corrected chi connectivity index (χ0v) is 26.6. The molecule has 0 fully saturated rings. The van der Waals surface area contributed by atoms with E-state index >= 15 is 0 Å². The van der Waals surface area contributed by atoms with Crippen LogP contribution < -0.4 is 18.6 Å². The molecule has 3 aliphatic rings. The van der Waals surface area contributed by atoms with Crippen molar-refractivity contribution >= 4 is 28.6 Å². The van der Waals surface area contributed by atoms with Gasteiger partial charge in [0.15, 0.2) is 0 Å². The van der Waals surface area contributed by atoms with Crippen molar-refractivity contribution in [3.05, 3.63) is 195 Å². The minimum atomic E-state index is -4.94. The summed E-state index contributed by atoms with van der Waals surface area (Å²) in [6, 6.07) is 37.2. The molecule has 2 heterocycles. The van der Waals surface area contributed by atoms with E-state index in [-0.39, 0.29) is 16.7 Å². The zero-order valence-electron chi connectivity index (χ0n) is 25.8. The molecule has 0 bridgehead atoms. The van der Waals surface area contributed by atoms with E-state index in [0.717, 1.165) is 56.3 Å². The average molecular weight is 674 g/mol. The molecule has 1 atom stereocenters. The molecular formula is C38H28ClN3O7. The number of halogens is 1. The van der Waals surface area contributed by atoms with Crippen molar-refractivity contribution in [1.82, 2.24) is 0 Å². The third-order valence-corrected chi connectivity index (χ3v) is 7.88. The Kier molecular flexibility index (Phi) is 9.86. The molecule has 244 valence electrons. The van der Waals surface area contributed by atoms with Gasteiger partial charge in [-0.2, -0.15) is 0 Å². The fourth-order valence-electron chi connectivity index (χ4n) is 5.60. The monoisotopic (exact) mass is 673 g/mol. The molecule has 4 aromatic carbocycles. The number of nitrogens with zero attached hydrogens (tertiary/aromatic N) is 3. The van der Waals surface area contributed by atoms with Crippen LogP contribution >= 0.6 is 0 Å². The molecule has 1 aliphatic carbocycles. The number of hydrazone groups is 1. The predicted octanol–water partition coefficient (Wildman–Crippen LogP) is 3.68. The minimum Gasteiger partial charge on any atom is -0.456 e. The molecule has 10 nitrogen and oxygen atoms in total. The lowest BCUT2D eigenvalue weighted by atomic mass is 9.96. The first-order chi connectivity index (χ1) is 23.6. The Balaban J connectivity index is 0.000000778. The molecule has 2 aliphatic heterocycles. The standard InChI is InChI=1S/C38H28N3O3.ClHO4/c42-41(43)34-22-18-28(19-23-34)35-26-36(29-10-4-1-5-11-29)40(39-35)33-20-16-27(17-21-33)32-24-37(30-12-6-2-7-13-30)44-38(25-32)31-14-8-3-9-15-31;2-1(3,4)5/h1-25,36H,26H2;(H,2,3,4,5)/q+1;/p-1. The first kappa shape index (κ1) is 33.2. The molecule has 0 aromatic heterocycles. The first-order valence-electron chi connectivity index (χ1n) is 15.1. The zero-order chi connectivity index (χ0) is 34.4. The van der Waals surface area contributed by atoms with Gasteiger partial charge in [0.25, 0.3) is 5.69 Å². The lowest BCUT2D eigenvalue weighted by Gasteiger charge is -2.20. The van der Waals surface area contributed by atoms with Crippen LogP contribution in [0.5, 0.6) is 0 Å².